The molecule has 1 saturated heterocycles. The molecule has 1 amide bonds. The fraction of sp³-hybridized carbons (Fsp3) is 0.560. The Morgan fingerprint density at radius 2 is 2.06 bits per heavy atom. The molecule has 5 heterocycles. The monoisotopic (exact) mass is 501 g/mol. The summed E-state index contributed by atoms with van der Waals surface area (Å²) < 4.78 is 45.1. The van der Waals surface area contributed by atoms with E-state index in [1.165, 1.54) is 6.07 Å². The van der Waals surface area contributed by atoms with Crippen molar-refractivity contribution in [3.8, 4) is 5.75 Å². The molecule has 0 bridgehead atoms. The van der Waals surface area contributed by atoms with E-state index >= 15 is 0 Å². The third-order valence-corrected chi connectivity index (χ3v) is 7.70. The summed E-state index contributed by atoms with van der Waals surface area (Å²) in [6, 6.07) is 4.46. The molecule has 192 valence electrons. The maximum atomic E-state index is 14.2. The highest BCUT2D eigenvalue weighted by Gasteiger charge is 2.47. The summed E-state index contributed by atoms with van der Waals surface area (Å²) in [7, 11) is 1.58. The van der Waals surface area contributed by atoms with Crippen molar-refractivity contribution in [1.29, 1.82) is 0 Å². The van der Waals surface area contributed by atoms with Crippen molar-refractivity contribution in [2.24, 2.45) is 9.98 Å². The van der Waals surface area contributed by atoms with E-state index in [9.17, 15) is 13.6 Å². The third kappa shape index (κ3) is 3.59. The van der Waals surface area contributed by atoms with Gasteiger partial charge >= 0.3 is 5.92 Å². The van der Waals surface area contributed by atoms with Crippen LogP contribution in [0.2, 0.25) is 0 Å². The van der Waals surface area contributed by atoms with Gasteiger partial charge in [0.2, 0.25) is 5.96 Å². The Morgan fingerprint density at radius 3 is 2.83 bits per heavy atom. The molecule has 1 fully saturated rings. The number of amidine groups is 1. The number of carbonyl (C=O) groups excluding carboxylic acids is 1. The van der Waals surface area contributed by atoms with Crippen molar-refractivity contribution in [3.05, 3.63) is 40.6 Å². The molecule has 1 aromatic carbocycles. The maximum Gasteiger partial charge on any atom is 0.310 e. The lowest BCUT2D eigenvalue weighted by atomic mass is 9.92. The Balaban J connectivity index is 1.27. The molecule has 1 N–H and O–H groups in total. The first-order valence-corrected chi connectivity index (χ1v) is 12.3. The number of nitrogens with zero attached hydrogens (tertiary/aromatic N) is 4. The summed E-state index contributed by atoms with van der Waals surface area (Å²) in [4.78, 5) is 26.8. The van der Waals surface area contributed by atoms with Crippen LogP contribution in [0, 0.1) is 0 Å². The van der Waals surface area contributed by atoms with Gasteiger partial charge in [0.15, 0.2) is 12.2 Å². The molecule has 0 saturated carbocycles. The lowest BCUT2D eigenvalue weighted by Crippen LogP contribution is -2.53. The van der Waals surface area contributed by atoms with E-state index in [0.717, 1.165) is 11.3 Å². The summed E-state index contributed by atoms with van der Waals surface area (Å²) >= 11 is 0. The van der Waals surface area contributed by atoms with Gasteiger partial charge < -0.3 is 29.3 Å². The van der Waals surface area contributed by atoms with Crippen molar-refractivity contribution >= 4 is 17.7 Å². The van der Waals surface area contributed by atoms with Crippen molar-refractivity contribution in [2.45, 2.75) is 37.3 Å². The number of amides is 1. The quantitative estimate of drug-likeness (QED) is 0.681. The number of aliphatic imine (C=N–C) groups is 2. The van der Waals surface area contributed by atoms with Crippen LogP contribution in [0.4, 0.5) is 8.78 Å². The predicted molar refractivity (Wildman–Crippen MR) is 127 cm³/mol. The average Bonchev–Trinajstić information content (AvgIpc) is 3.61. The molecule has 1 unspecified atom stereocenters. The van der Waals surface area contributed by atoms with Gasteiger partial charge in [0.05, 0.1) is 31.2 Å². The molecule has 1 aromatic rings. The molecule has 0 spiro atoms. The van der Waals surface area contributed by atoms with Gasteiger partial charge in [0.25, 0.3) is 5.91 Å². The minimum atomic E-state index is -3.00. The second-order valence-electron chi connectivity index (χ2n) is 9.77. The number of guanidine groups is 1. The highest BCUT2D eigenvalue weighted by Crippen LogP contribution is 2.45. The summed E-state index contributed by atoms with van der Waals surface area (Å²) in [6.07, 6.45) is 1.03. The van der Waals surface area contributed by atoms with Crippen LogP contribution < -0.4 is 10.1 Å². The number of hydrogen-bond acceptors (Lipinski definition) is 8. The molecule has 11 heteroatoms. The smallest absolute Gasteiger partial charge is 0.310 e. The van der Waals surface area contributed by atoms with Crippen LogP contribution in [0.15, 0.2) is 39.5 Å². The van der Waals surface area contributed by atoms with Crippen molar-refractivity contribution in [1.82, 2.24) is 15.1 Å². The van der Waals surface area contributed by atoms with Crippen molar-refractivity contribution in [2.75, 3.05) is 53.1 Å². The second kappa shape index (κ2) is 8.52. The minimum absolute atomic E-state index is 0.0516. The van der Waals surface area contributed by atoms with E-state index in [4.69, 9.17) is 19.2 Å². The lowest BCUT2D eigenvalue weighted by Gasteiger charge is -2.37. The van der Waals surface area contributed by atoms with Gasteiger partial charge in [-0.15, -0.1) is 0 Å². The first kappa shape index (κ1) is 23.4. The van der Waals surface area contributed by atoms with Crippen LogP contribution in [0.1, 0.15) is 36.9 Å². The summed E-state index contributed by atoms with van der Waals surface area (Å²) in [5, 5.41) is 3.41. The predicted octanol–water partition coefficient (Wildman–Crippen LogP) is 2.20. The van der Waals surface area contributed by atoms with Crippen molar-refractivity contribution < 1.29 is 27.8 Å². The number of alkyl halides is 2. The van der Waals surface area contributed by atoms with Crippen LogP contribution in [0.5, 0.6) is 5.75 Å². The highest BCUT2D eigenvalue weighted by atomic mass is 19.3. The van der Waals surface area contributed by atoms with Gasteiger partial charge in [-0.25, -0.2) is 4.99 Å². The van der Waals surface area contributed by atoms with E-state index in [2.05, 4.69) is 15.2 Å². The number of hydrogen-bond donors (Lipinski definition) is 1. The zero-order valence-electron chi connectivity index (χ0n) is 20.4. The lowest BCUT2D eigenvalue weighted by molar-refractivity contribution is -0.165. The molecule has 36 heavy (non-hydrogen) atoms. The second-order valence-corrected chi connectivity index (χ2v) is 9.77. The first-order chi connectivity index (χ1) is 17.3. The van der Waals surface area contributed by atoms with Crippen LogP contribution in [0.25, 0.3) is 0 Å². The molecule has 0 radical (unpaired) electrons. The van der Waals surface area contributed by atoms with E-state index in [-0.39, 0.29) is 23.3 Å². The van der Waals surface area contributed by atoms with Crippen LogP contribution in [-0.2, 0) is 20.2 Å². The molecule has 0 aliphatic carbocycles. The Kier molecular flexibility index (Phi) is 5.52. The standard InChI is InChI=1S/C25H29F2N5O4/c1-15(16-4-3-5-18-20(16)36-14-25(18,26)27)29-21-17-12-31(13-19(17)32-9-8-28-23(32)30-21)22(33)24(34-2)6-10-35-11-7-24/h3-5,15H,6-14H2,1-2H3,(H,28,29,30). The summed E-state index contributed by atoms with van der Waals surface area (Å²) in [5.41, 5.74) is 1.55. The minimum Gasteiger partial charge on any atom is -0.486 e. The van der Waals surface area contributed by atoms with E-state index in [1.54, 1.807) is 19.2 Å². The van der Waals surface area contributed by atoms with Gasteiger partial charge in [-0.05, 0) is 13.0 Å². The van der Waals surface area contributed by atoms with Crippen LogP contribution >= 0.6 is 0 Å². The highest BCUT2D eigenvalue weighted by molar-refractivity contribution is 6.11. The van der Waals surface area contributed by atoms with Gasteiger partial charge in [0, 0.05) is 56.5 Å². The SMILES string of the molecule is COC1(C(=O)N2CC3=C(C2)N2CCN=C2N=C3NC(C)c2cccc3c2OCC3(F)F)CCOCC1. The maximum absolute atomic E-state index is 14.2. The van der Waals surface area contributed by atoms with Crippen LogP contribution in [0.3, 0.4) is 0 Å². The molecular formula is C25H29F2N5O4. The molecule has 0 aromatic heterocycles. The zero-order chi connectivity index (χ0) is 25.1. The third-order valence-electron chi connectivity index (χ3n) is 7.70. The van der Waals surface area contributed by atoms with Gasteiger partial charge in [-0.2, -0.15) is 13.8 Å². The number of nitrogens with one attached hydrogen (secondary N) is 1. The van der Waals surface area contributed by atoms with E-state index in [1.807, 2.05) is 11.8 Å². The first-order valence-electron chi connectivity index (χ1n) is 12.3. The number of para-hydroxylation sites is 1. The summed E-state index contributed by atoms with van der Waals surface area (Å²) in [5.74, 6) is -1.63. The molecule has 9 nitrogen and oxygen atoms in total. The van der Waals surface area contributed by atoms with Crippen LogP contribution in [-0.4, -0.2) is 86.2 Å². The Morgan fingerprint density at radius 1 is 1.25 bits per heavy atom. The van der Waals surface area contributed by atoms with E-state index in [0.29, 0.717) is 69.6 Å². The molecular weight excluding hydrogens is 472 g/mol. The Hall–Kier alpha value is -3.05. The fourth-order valence-corrected chi connectivity index (χ4v) is 5.65. The number of ether oxygens (including phenoxy) is 3. The number of rotatable bonds is 4. The number of fused-ring (bicyclic) bond motifs is 3. The summed E-state index contributed by atoms with van der Waals surface area (Å²) in [6.45, 7) is 4.35. The number of methoxy groups -OCH3 is 1. The van der Waals surface area contributed by atoms with E-state index < -0.39 is 18.1 Å². The molecule has 6 rings (SSSR count). The number of halogens is 2. The topological polar surface area (TPSA) is 88.0 Å². The average molecular weight is 502 g/mol. The zero-order valence-corrected chi connectivity index (χ0v) is 20.4. The Labute approximate surface area is 207 Å². The fourth-order valence-electron chi connectivity index (χ4n) is 5.65. The van der Waals surface area contributed by atoms with Gasteiger partial charge in [-0.1, -0.05) is 12.1 Å². The largest absolute Gasteiger partial charge is 0.486 e. The number of carbonyl (C=O) groups is 1. The Bertz CT molecular complexity index is 1190. The van der Waals surface area contributed by atoms with Crippen molar-refractivity contribution in [3.63, 3.8) is 0 Å². The van der Waals surface area contributed by atoms with Gasteiger partial charge in [-0.3, -0.25) is 4.79 Å². The normalized spacial score (nSPS) is 24.4. The molecule has 5 aliphatic rings. The number of benzene rings is 1. The molecule has 1 atom stereocenters. The van der Waals surface area contributed by atoms with Gasteiger partial charge in [0.1, 0.15) is 11.6 Å². The molecule has 5 aliphatic heterocycles.